The Balaban J connectivity index is 1.82. The van der Waals surface area contributed by atoms with Crippen molar-refractivity contribution in [2.75, 3.05) is 0 Å². The highest BCUT2D eigenvalue weighted by Crippen LogP contribution is 2.35. The van der Waals surface area contributed by atoms with Gasteiger partial charge in [0.15, 0.2) is 0 Å². The third-order valence-electron chi connectivity index (χ3n) is 4.23. The van der Waals surface area contributed by atoms with Crippen molar-refractivity contribution in [1.82, 2.24) is 0 Å². The maximum Gasteiger partial charge on any atom is 0.0986 e. The average molecular weight is 195 g/mol. The number of hydrogen-bond donors (Lipinski definition) is 0. The van der Waals surface area contributed by atoms with Crippen LogP contribution in [0.4, 0.5) is 0 Å². The summed E-state index contributed by atoms with van der Waals surface area (Å²) >= 11 is 0. The molecule has 14 heavy (non-hydrogen) atoms. The van der Waals surface area contributed by atoms with Gasteiger partial charge in [-0.25, -0.2) is 5.11 Å². The van der Waals surface area contributed by atoms with Gasteiger partial charge in [-0.3, -0.25) is 0 Å². The van der Waals surface area contributed by atoms with Gasteiger partial charge < -0.3 is 0 Å². The average Bonchev–Trinajstić information content (AvgIpc) is 2.30. The zero-order chi connectivity index (χ0) is 9.80. The van der Waals surface area contributed by atoms with Crippen LogP contribution in [0.25, 0.3) is 0 Å². The molecular weight excluding hydrogens is 172 g/mol. The maximum atomic E-state index is 12.2. The van der Waals surface area contributed by atoms with Crippen molar-refractivity contribution in [1.29, 1.82) is 0 Å². The minimum absolute atomic E-state index is 0.212. The van der Waals surface area contributed by atoms with Crippen LogP contribution < -0.4 is 0 Å². The Kier molecular flexibility index (Phi) is 3.86. The zero-order valence-corrected chi connectivity index (χ0v) is 9.21. The molecule has 2 fully saturated rings. The third-order valence-corrected chi connectivity index (χ3v) is 4.23. The summed E-state index contributed by atoms with van der Waals surface area (Å²) in [4.78, 5) is 0. The summed E-state index contributed by atoms with van der Waals surface area (Å²) in [5.74, 6) is 1.07. The molecule has 0 aromatic heterocycles. The lowest BCUT2D eigenvalue weighted by Crippen LogP contribution is -2.30. The van der Waals surface area contributed by atoms with Gasteiger partial charge in [0.05, 0.1) is 6.10 Å². The molecule has 81 valence electrons. The van der Waals surface area contributed by atoms with Crippen LogP contribution in [0.3, 0.4) is 0 Å². The lowest BCUT2D eigenvalue weighted by Gasteiger charge is -2.32. The Hall–Kier alpha value is -0.0400. The highest BCUT2D eigenvalue weighted by molar-refractivity contribution is 4.80. The van der Waals surface area contributed by atoms with Crippen molar-refractivity contribution in [2.24, 2.45) is 11.8 Å². The first-order chi connectivity index (χ1) is 6.88. The molecule has 0 unspecified atom stereocenters. The second-order valence-electron chi connectivity index (χ2n) is 5.26. The SMILES string of the molecule is [O]C(C1CCCCC1)C1CCCCC1. The van der Waals surface area contributed by atoms with Gasteiger partial charge in [0, 0.05) is 0 Å². The molecule has 0 heterocycles. The van der Waals surface area contributed by atoms with Crippen molar-refractivity contribution in [2.45, 2.75) is 70.3 Å². The van der Waals surface area contributed by atoms with Gasteiger partial charge >= 0.3 is 0 Å². The van der Waals surface area contributed by atoms with Crippen molar-refractivity contribution < 1.29 is 5.11 Å². The highest BCUT2D eigenvalue weighted by Gasteiger charge is 2.30. The van der Waals surface area contributed by atoms with E-state index < -0.39 is 0 Å². The number of hydrogen-bond acceptors (Lipinski definition) is 0. The molecule has 0 atom stereocenters. The molecule has 1 nitrogen and oxygen atoms in total. The molecule has 1 heteroatoms. The predicted octanol–water partition coefficient (Wildman–Crippen LogP) is 3.95. The Labute approximate surface area is 87.9 Å². The molecule has 0 aliphatic heterocycles. The Morgan fingerprint density at radius 3 is 1.36 bits per heavy atom. The molecule has 0 aromatic carbocycles. The Bertz CT molecular complexity index is 137. The summed E-state index contributed by atoms with van der Waals surface area (Å²) in [6.07, 6.45) is 12.7. The minimum Gasteiger partial charge on any atom is -0.233 e. The molecule has 0 spiro atoms. The van der Waals surface area contributed by atoms with Crippen LogP contribution in [-0.2, 0) is 5.11 Å². The molecule has 0 amide bonds. The van der Waals surface area contributed by atoms with E-state index in [0.29, 0.717) is 11.8 Å². The van der Waals surface area contributed by atoms with Crippen LogP contribution in [0.15, 0.2) is 0 Å². The summed E-state index contributed by atoms with van der Waals surface area (Å²) in [6.45, 7) is 0. The normalized spacial score (nSPS) is 27.0. The summed E-state index contributed by atoms with van der Waals surface area (Å²) < 4.78 is 0. The second-order valence-corrected chi connectivity index (χ2v) is 5.26. The molecule has 2 aliphatic carbocycles. The van der Waals surface area contributed by atoms with E-state index in [2.05, 4.69) is 0 Å². The molecule has 2 saturated carbocycles. The number of rotatable bonds is 2. The van der Waals surface area contributed by atoms with Gasteiger partial charge in [0.25, 0.3) is 0 Å². The zero-order valence-electron chi connectivity index (χ0n) is 9.21. The first kappa shape index (κ1) is 10.5. The Morgan fingerprint density at radius 1 is 0.643 bits per heavy atom. The monoisotopic (exact) mass is 195 g/mol. The van der Waals surface area contributed by atoms with Gasteiger partial charge in [-0.1, -0.05) is 38.5 Å². The van der Waals surface area contributed by atoms with Crippen molar-refractivity contribution in [3.8, 4) is 0 Å². The quantitative estimate of drug-likeness (QED) is 0.636. The summed E-state index contributed by atoms with van der Waals surface area (Å²) in [5.41, 5.74) is 0. The van der Waals surface area contributed by atoms with E-state index in [0.717, 1.165) is 0 Å². The van der Waals surface area contributed by atoms with E-state index in [1.54, 1.807) is 0 Å². The van der Waals surface area contributed by atoms with E-state index in [1.807, 2.05) is 0 Å². The molecular formula is C13H23O. The van der Waals surface area contributed by atoms with Crippen LogP contribution in [0.2, 0.25) is 0 Å². The fourth-order valence-corrected chi connectivity index (χ4v) is 3.31. The fraction of sp³-hybridized carbons (Fsp3) is 1.00. The van der Waals surface area contributed by atoms with E-state index in [4.69, 9.17) is 0 Å². The van der Waals surface area contributed by atoms with Crippen LogP contribution in [0, 0.1) is 11.8 Å². The Morgan fingerprint density at radius 2 is 1.00 bits per heavy atom. The van der Waals surface area contributed by atoms with Crippen molar-refractivity contribution >= 4 is 0 Å². The van der Waals surface area contributed by atoms with Gasteiger partial charge in [-0.15, -0.1) is 0 Å². The van der Waals surface area contributed by atoms with E-state index in [9.17, 15) is 5.11 Å². The molecule has 0 aromatic rings. The summed E-state index contributed by atoms with van der Waals surface area (Å²) in [6, 6.07) is 0. The van der Waals surface area contributed by atoms with Crippen LogP contribution in [0.5, 0.6) is 0 Å². The summed E-state index contributed by atoms with van der Waals surface area (Å²) in [7, 11) is 0. The van der Waals surface area contributed by atoms with Gasteiger partial charge in [-0.2, -0.15) is 0 Å². The van der Waals surface area contributed by atoms with Crippen LogP contribution >= 0.6 is 0 Å². The van der Waals surface area contributed by atoms with Crippen LogP contribution in [-0.4, -0.2) is 6.10 Å². The van der Waals surface area contributed by atoms with Crippen molar-refractivity contribution in [3.63, 3.8) is 0 Å². The smallest absolute Gasteiger partial charge is 0.0986 e. The minimum atomic E-state index is -0.212. The van der Waals surface area contributed by atoms with Gasteiger partial charge in [-0.05, 0) is 37.5 Å². The largest absolute Gasteiger partial charge is 0.233 e. The van der Waals surface area contributed by atoms with Crippen LogP contribution in [0.1, 0.15) is 64.2 Å². The molecule has 2 rings (SSSR count). The topological polar surface area (TPSA) is 19.9 Å². The lowest BCUT2D eigenvalue weighted by molar-refractivity contribution is -0.0337. The van der Waals surface area contributed by atoms with Gasteiger partial charge in [0.1, 0.15) is 0 Å². The van der Waals surface area contributed by atoms with E-state index in [1.165, 1.54) is 64.2 Å². The van der Waals surface area contributed by atoms with E-state index in [-0.39, 0.29) is 6.10 Å². The van der Waals surface area contributed by atoms with Crippen molar-refractivity contribution in [3.05, 3.63) is 0 Å². The first-order valence-corrected chi connectivity index (χ1v) is 6.54. The molecule has 0 saturated heterocycles. The third kappa shape index (κ3) is 2.50. The lowest BCUT2D eigenvalue weighted by atomic mass is 9.75. The highest BCUT2D eigenvalue weighted by atomic mass is 16.3. The molecule has 0 bridgehead atoms. The first-order valence-electron chi connectivity index (χ1n) is 6.54. The molecule has 2 aliphatic rings. The molecule has 1 radical (unpaired) electrons. The molecule has 0 N–H and O–H groups in total. The fourth-order valence-electron chi connectivity index (χ4n) is 3.31. The van der Waals surface area contributed by atoms with E-state index >= 15 is 0 Å². The predicted molar refractivity (Wildman–Crippen MR) is 57.6 cm³/mol. The second kappa shape index (κ2) is 5.16. The standard InChI is InChI=1S/C13H23O/c14-13(11-7-3-1-4-8-11)12-9-5-2-6-10-12/h11-13H,1-10H2. The maximum absolute atomic E-state index is 12.2. The van der Waals surface area contributed by atoms with Gasteiger partial charge in [0.2, 0.25) is 0 Å². The summed E-state index contributed by atoms with van der Waals surface area (Å²) in [5, 5.41) is 12.2.